The second kappa shape index (κ2) is 5.57. The quantitative estimate of drug-likeness (QED) is 0.406. The lowest BCUT2D eigenvalue weighted by atomic mass is 10.3. The maximum Gasteiger partial charge on any atom is 0.232 e. The molecule has 0 heterocycles. The first-order valence-corrected chi connectivity index (χ1v) is 3.67. The van der Waals surface area contributed by atoms with Crippen LogP contribution in [0.5, 0.6) is 0 Å². The van der Waals surface area contributed by atoms with E-state index in [4.69, 9.17) is 5.26 Å². The Morgan fingerprint density at radius 2 is 2.44 bits per heavy atom. The Bertz CT molecular complexity index is 129. The molecule has 0 aromatic heterocycles. The molecule has 0 aliphatic rings. The third-order valence-corrected chi connectivity index (χ3v) is 1.29. The summed E-state index contributed by atoms with van der Waals surface area (Å²) in [7, 11) is 0. The van der Waals surface area contributed by atoms with E-state index in [9.17, 15) is 4.79 Å². The van der Waals surface area contributed by atoms with E-state index in [-0.39, 0.29) is 5.91 Å². The Kier molecular flexibility index (Phi) is 5.23. The van der Waals surface area contributed by atoms with Gasteiger partial charge in [0.15, 0.2) is 6.19 Å². The fourth-order valence-electron chi connectivity index (χ4n) is 0.352. The average Bonchev–Trinajstić information content (AvgIpc) is 1.85. The summed E-state index contributed by atoms with van der Waals surface area (Å²) in [5.74, 6) is -0.211. The number of hydrogen-bond donors (Lipinski definition) is 1. The molecular formula is C5H7BrN2O. The lowest BCUT2D eigenvalue weighted by Crippen LogP contribution is -2.16. The Hall–Kier alpha value is -0.560. The standard InChI is InChI=1S/C5H7BrN2O/c6-3-1-2-5(9)8-4-7/h1-3H2,(H,8,9). The van der Waals surface area contributed by atoms with Gasteiger partial charge in [-0.2, -0.15) is 5.26 Å². The maximum absolute atomic E-state index is 10.4. The maximum atomic E-state index is 10.4. The summed E-state index contributed by atoms with van der Waals surface area (Å²) < 4.78 is 0. The fourth-order valence-corrected chi connectivity index (χ4v) is 0.633. The van der Waals surface area contributed by atoms with Gasteiger partial charge in [0, 0.05) is 11.8 Å². The van der Waals surface area contributed by atoms with Gasteiger partial charge in [0.05, 0.1) is 0 Å². The number of amides is 1. The number of nitrogens with one attached hydrogen (secondary N) is 1. The molecule has 4 heteroatoms. The molecule has 0 radical (unpaired) electrons. The highest BCUT2D eigenvalue weighted by atomic mass is 79.9. The van der Waals surface area contributed by atoms with Crippen LogP contribution in [0.3, 0.4) is 0 Å². The number of hydrogen-bond acceptors (Lipinski definition) is 2. The first-order valence-electron chi connectivity index (χ1n) is 2.55. The van der Waals surface area contributed by atoms with E-state index in [1.807, 2.05) is 5.32 Å². The molecule has 0 aliphatic heterocycles. The van der Waals surface area contributed by atoms with Crippen molar-refractivity contribution in [1.29, 1.82) is 5.26 Å². The summed E-state index contributed by atoms with van der Waals surface area (Å²) in [4.78, 5) is 10.4. The molecule has 1 N–H and O–H groups in total. The lowest BCUT2D eigenvalue weighted by Gasteiger charge is -1.91. The minimum atomic E-state index is -0.211. The van der Waals surface area contributed by atoms with E-state index in [0.717, 1.165) is 11.8 Å². The van der Waals surface area contributed by atoms with Gasteiger partial charge in [-0.3, -0.25) is 10.1 Å². The van der Waals surface area contributed by atoms with Crippen molar-refractivity contribution in [3.05, 3.63) is 0 Å². The molecule has 0 spiro atoms. The first-order chi connectivity index (χ1) is 4.31. The van der Waals surface area contributed by atoms with Crippen LogP contribution in [0.15, 0.2) is 0 Å². The van der Waals surface area contributed by atoms with Crippen molar-refractivity contribution in [3.63, 3.8) is 0 Å². The van der Waals surface area contributed by atoms with Gasteiger partial charge < -0.3 is 0 Å². The largest absolute Gasteiger partial charge is 0.274 e. The highest BCUT2D eigenvalue weighted by molar-refractivity contribution is 9.09. The third-order valence-electron chi connectivity index (χ3n) is 0.733. The van der Waals surface area contributed by atoms with Crippen molar-refractivity contribution < 1.29 is 4.79 Å². The summed E-state index contributed by atoms with van der Waals surface area (Å²) in [5, 5.41) is 10.8. The molecule has 1 amide bonds. The second-order valence-electron chi connectivity index (χ2n) is 1.45. The van der Waals surface area contributed by atoms with Crippen LogP contribution in [-0.2, 0) is 4.79 Å². The van der Waals surface area contributed by atoms with Crippen LogP contribution in [0.4, 0.5) is 0 Å². The van der Waals surface area contributed by atoms with Crippen LogP contribution in [0.1, 0.15) is 12.8 Å². The topological polar surface area (TPSA) is 52.9 Å². The molecule has 9 heavy (non-hydrogen) atoms. The molecule has 0 rings (SSSR count). The zero-order valence-corrected chi connectivity index (χ0v) is 6.44. The molecular weight excluding hydrogens is 184 g/mol. The van der Waals surface area contributed by atoms with Crippen molar-refractivity contribution in [2.45, 2.75) is 12.8 Å². The number of carbonyl (C=O) groups excluding carboxylic acids is 1. The first kappa shape index (κ1) is 8.44. The van der Waals surface area contributed by atoms with Gasteiger partial charge in [-0.15, -0.1) is 0 Å². The van der Waals surface area contributed by atoms with Gasteiger partial charge >= 0.3 is 0 Å². The monoisotopic (exact) mass is 190 g/mol. The van der Waals surface area contributed by atoms with Gasteiger partial charge in [0.2, 0.25) is 5.91 Å². The Morgan fingerprint density at radius 3 is 2.89 bits per heavy atom. The van der Waals surface area contributed by atoms with E-state index >= 15 is 0 Å². The molecule has 0 saturated carbocycles. The van der Waals surface area contributed by atoms with Gasteiger partial charge in [-0.1, -0.05) is 15.9 Å². The lowest BCUT2D eigenvalue weighted by molar-refractivity contribution is -0.119. The molecule has 0 aliphatic carbocycles. The SMILES string of the molecule is N#CNC(=O)CCCBr. The van der Waals surface area contributed by atoms with Gasteiger partial charge in [-0.05, 0) is 6.42 Å². The number of carbonyl (C=O) groups is 1. The van der Waals surface area contributed by atoms with E-state index in [1.165, 1.54) is 0 Å². The van der Waals surface area contributed by atoms with Crippen molar-refractivity contribution in [2.24, 2.45) is 0 Å². The van der Waals surface area contributed by atoms with Crippen LogP contribution in [-0.4, -0.2) is 11.2 Å². The van der Waals surface area contributed by atoms with E-state index in [2.05, 4.69) is 15.9 Å². The Balaban J connectivity index is 3.19. The van der Waals surface area contributed by atoms with Crippen LogP contribution in [0, 0.1) is 11.5 Å². The van der Waals surface area contributed by atoms with E-state index in [0.29, 0.717) is 6.42 Å². The molecule has 0 aromatic carbocycles. The molecule has 0 saturated heterocycles. The number of alkyl halides is 1. The van der Waals surface area contributed by atoms with Crippen LogP contribution >= 0.6 is 15.9 Å². The zero-order chi connectivity index (χ0) is 7.11. The molecule has 0 fully saturated rings. The number of halogens is 1. The number of nitrogens with zero attached hydrogens (tertiary/aromatic N) is 1. The predicted octanol–water partition coefficient (Wildman–Crippen LogP) is 0.759. The highest BCUT2D eigenvalue weighted by Crippen LogP contribution is 1.92. The Morgan fingerprint density at radius 1 is 1.78 bits per heavy atom. The van der Waals surface area contributed by atoms with Crippen LogP contribution in [0.25, 0.3) is 0 Å². The summed E-state index contributed by atoms with van der Waals surface area (Å²) in [5.41, 5.74) is 0. The molecule has 0 aromatic rings. The summed E-state index contributed by atoms with van der Waals surface area (Å²) in [6.45, 7) is 0. The zero-order valence-electron chi connectivity index (χ0n) is 4.85. The van der Waals surface area contributed by atoms with Crippen molar-refractivity contribution >= 4 is 21.8 Å². The number of rotatable bonds is 3. The summed E-state index contributed by atoms with van der Waals surface area (Å²) >= 11 is 3.17. The average molecular weight is 191 g/mol. The van der Waals surface area contributed by atoms with E-state index in [1.54, 1.807) is 6.19 Å². The normalized spacial score (nSPS) is 8.00. The fraction of sp³-hybridized carbons (Fsp3) is 0.600. The van der Waals surface area contributed by atoms with Crippen LogP contribution in [0.2, 0.25) is 0 Å². The summed E-state index contributed by atoms with van der Waals surface area (Å²) in [6.07, 6.45) is 2.75. The van der Waals surface area contributed by atoms with Gasteiger partial charge in [0.25, 0.3) is 0 Å². The van der Waals surface area contributed by atoms with Crippen molar-refractivity contribution in [2.75, 3.05) is 5.33 Å². The second-order valence-corrected chi connectivity index (χ2v) is 2.25. The molecule has 0 bridgehead atoms. The molecule has 0 unspecified atom stereocenters. The van der Waals surface area contributed by atoms with Crippen LogP contribution < -0.4 is 5.32 Å². The Labute approximate surface area is 62.2 Å². The van der Waals surface area contributed by atoms with Crippen molar-refractivity contribution in [3.8, 4) is 6.19 Å². The van der Waals surface area contributed by atoms with Crippen molar-refractivity contribution in [1.82, 2.24) is 5.32 Å². The minimum absolute atomic E-state index is 0.211. The number of nitriles is 1. The molecule has 0 atom stereocenters. The smallest absolute Gasteiger partial charge is 0.232 e. The van der Waals surface area contributed by atoms with Gasteiger partial charge in [-0.25, -0.2) is 0 Å². The van der Waals surface area contributed by atoms with Gasteiger partial charge in [0.1, 0.15) is 0 Å². The molecule has 50 valence electrons. The molecule has 3 nitrogen and oxygen atoms in total. The third kappa shape index (κ3) is 5.31. The minimum Gasteiger partial charge on any atom is -0.274 e. The summed E-state index contributed by atoms with van der Waals surface area (Å²) in [6, 6.07) is 0. The highest BCUT2D eigenvalue weighted by Gasteiger charge is 1.96. The predicted molar refractivity (Wildman–Crippen MR) is 36.8 cm³/mol. The van der Waals surface area contributed by atoms with E-state index < -0.39 is 0 Å².